The van der Waals surface area contributed by atoms with Crippen LogP contribution in [0.25, 0.3) is 0 Å². The highest BCUT2D eigenvalue weighted by Crippen LogP contribution is 2.09. The minimum atomic E-state index is -0.0922. The summed E-state index contributed by atoms with van der Waals surface area (Å²) in [6.07, 6.45) is 0. The van der Waals surface area contributed by atoms with Gasteiger partial charge in [-0.1, -0.05) is 35.6 Å². The van der Waals surface area contributed by atoms with Crippen LogP contribution >= 0.6 is 22.9 Å². The standard InChI is InChI=1S/C14H10ClNOS/c15-12-6-1-4-11(10-12)5-2-8-16-14(17)13-7-3-9-18-13/h1,3-4,6-7,9-10H,8H2,(H,16,17). The molecule has 0 saturated heterocycles. The fourth-order valence-electron chi connectivity index (χ4n) is 1.33. The minimum Gasteiger partial charge on any atom is -0.340 e. The van der Waals surface area contributed by atoms with Gasteiger partial charge in [0.25, 0.3) is 5.91 Å². The molecule has 1 aromatic carbocycles. The van der Waals surface area contributed by atoms with Crippen LogP contribution in [0.1, 0.15) is 15.2 Å². The molecule has 4 heteroatoms. The van der Waals surface area contributed by atoms with Crippen LogP contribution < -0.4 is 5.32 Å². The van der Waals surface area contributed by atoms with Crippen molar-refractivity contribution in [1.82, 2.24) is 5.32 Å². The number of hydrogen-bond donors (Lipinski definition) is 1. The Kier molecular flexibility index (Phi) is 4.40. The molecule has 2 rings (SSSR count). The molecule has 2 aromatic rings. The molecule has 0 aliphatic heterocycles. The molecule has 0 radical (unpaired) electrons. The van der Waals surface area contributed by atoms with Gasteiger partial charge in [0, 0.05) is 10.6 Å². The number of amides is 1. The van der Waals surface area contributed by atoms with Crippen molar-refractivity contribution in [1.29, 1.82) is 0 Å². The molecule has 1 N–H and O–H groups in total. The van der Waals surface area contributed by atoms with E-state index in [1.54, 1.807) is 18.2 Å². The second-order valence-corrected chi connectivity index (χ2v) is 4.86. The summed E-state index contributed by atoms with van der Waals surface area (Å²) in [6.45, 7) is 0.323. The quantitative estimate of drug-likeness (QED) is 0.838. The normalized spacial score (nSPS) is 9.39. The Hall–Kier alpha value is -1.76. The van der Waals surface area contributed by atoms with Gasteiger partial charge in [0.1, 0.15) is 0 Å². The number of rotatable bonds is 2. The van der Waals surface area contributed by atoms with Crippen molar-refractivity contribution in [3.63, 3.8) is 0 Å². The van der Waals surface area contributed by atoms with E-state index in [0.29, 0.717) is 16.4 Å². The maximum Gasteiger partial charge on any atom is 0.262 e. The Labute approximate surface area is 115 Å². The fourth-order valence-corrected chi connectivity index (χ4v) is 2.16. The molecule has 0 aliphatic rings. The molecule has 0 spiro atoms. The summed E-state index contributed by atoms with van der Waals surface area (Å²) in [4.78, 5) is 12.3. The predicted octanol–water partition coefficient (Wildman–Crippen LogP) is 3.18. The largest absolute Gasteiger partial charge is 0.340 e. The van der Waals surface area contributed by atoms with Gasteiger partial charge >= 0.3 is 0 Å². The Morgan fingerprint density at radius 2 is 2.22 bits per heavy atom. The first-order chi connectivity index (χ1) is 8.75. The Morgan fingerprint density at radius 3 is 2.94 bits per heavy atom. The summed E-state index contributed by atoms with van der Waals surface area (Å²) in [5, 5.41) is 5.26. The van der Waals surface area contributed by atoms with Crippen molar-refractivity contribution in [2.24, 2.45) is 0 Å². The van der Waals surface area contributed by atoms with Crippen molar-refractivity contribution in [2.75, 3.05) is 6.54 Å². The molecule has 0 atom stereocenters. The van der Waals surface area contributed by atoms with Crippen LogP contribution in [0, 0.1) is 11.8 Å². The van der Waals surface area contributed by atoms with E-state index < -0.39 is 0 Å². The highest BCUT2D eigenvalue weighted by Gasteiger charge is 2.03. The van der Waals surface area contributed by atoms with Gasteiger partial charge in [-0.05, 0) is 29.6 Å². The molecule has 1 amide bonds. The molecule has 0 unspecified atom stereocenters. The summed E-state index contributed by atoms with van der Waals surface area (Å²) in [7, 11) is 0. The molecule has 18 heavy (non-hydrogen) atoms. The van der Waals surface area contributed by atoms with Crippen LogP contribution in [0.3, 0.4) is 0 Å². The van der Waals surface area contributed by atoms with E-state index >= 15 is 0 Å². The third-order valence-electron chi connectivity index (χ3n) is 2.14. The first-order valence-electron chi connectivity index (χ1n) is 5.32. The van der Waals surface area contributed by atoms with Crippen molar-refractivity contribution in [3.8, 4) is 11.8 Å². The molecule has 1 heterocycles. The second-order valence-electron chi connectivity index (χ2n) is 3.47. The molecule has 0 aliphatic carbocycles. The van der Waals surface area contributed by atoms with E-state index in [4.69, 9.17) is 11.6 Å². The van der Waals surface area contributed by atoms with Crippen LogP contribution in [0.4, 0.5) is 0 Å². The minimum absolute atomic E-state index is 0.0922. The lowest BCUT2D eigenvalue weighted by molar-refractivity contribution is 0.0962. The lowest BCUT2D eigenvalue weighted by Crippen LogP contribution is -2.22. The predicted molar refractivity (Wildman–Crippen MR) is 75.0 cm³/mol. The molecule has 0 bridgehead atoms. The van der Waals surface area contributed by atoms with Crippen molar-refractivity contribution < 1.29 is 4.79 Å². The summed E-state index contributed by atoms with van der Waals surface area (Å²) in [5.41, 5.74) is 0.841. The Morgan fingerprint density at radius 1 is 1.33 bits per heavy atom. The zero-order valence-electron chi connectivity index (χ0n) is 9.44. The van der Waals surface area contributed by atoms with Gasteiger partial charge < -0.3 is 5.32 Å². The van der Waals surface area contributed by atoms with Crippen LogP contribution in [0.15, 0.2) is 41.8 Å². The van der Waals surface area contributed by atoms with Crippen LogP contribution in [0.5, 0.6) is 0 Å². The second kappa shape index (κ2) is 6.25. The average Bonchev–Trinajstić information content (AvgIpc) is 2.88. The number of carbonyl (C=O) groups is 1. The molecular formula is C14H10ClNOS. The van der Waals surface area contributed by atoms with E-state index in [2.05, 4.69) is 17.2 Å². The number of thiophene rings is 1. The summed E-state index contributed by atoms with van der Waals surface area (Å²) in [6, 6.07) is 10.9. The topological polar surface area (TPSA) is 29.1 Å². The Bertz CT molecular complexity index is 596. The van der Waals surface area contributed by atoms with E-state index in [9.17, 15) is 4.79 Å². The van der Waals surface area contributed by atoms with E-state index in [1.165, 1.54) is 11.3 Å². The zero-order chi connectivity index (χ0) is 12.8. The molecular weight excluding hydrogens is 266 g/mol. The molecule has 1 aromatic heterocycles. The van der Waals surface area contributed by atoms with Gasteiger partial charge in [-0.2, -0.15) is 0 Å². The Balaban J connectivity index is 1.88. The zero-order valence-corrected chi connectivity index (χ0v) is 11.0. The monoisotopic (exact) mass is 275 g/mol. The van der Waals surface area contributed by atoms with Gasteiger partial charge in [-0.15, -0.1) is 11.3 Å². The molecule has 0 saturated carbocycles. The van der Waals surface area contributed by atoms with Crippen LogP contribution in [0.2, 0.25) is 5.02 Å². The van der Waals surface area contributed by atoms with Crippen LogP contribution in [-0.2, 0) is 0 Å². The first-order valence-corrected chi connectivity index (χ1v) is 6.57. The molecule has 0 fully saturated rings. The number of hydrogen-bond acceptors (Lipinski definition) is 2. The van der Waals surface area contributed by atoms with E-state index in [1.807, 2.05) is 23.6 Å². The highest BCUT2D eigenvalue weighted by molar-refractivity contribution is 7.12. The number of benzene rings is 1. The first kappa shape index (κ1) is 12.7. The number of carbonyl (C=O) groups excluding carboxylic acids is 1. The van der Waals surface area contributed by atoms with Crippen molar-refractivity contribution >= 4 is 28.8 Å². The fraction of sp³-hybridized carbons (Fsp3) is 0.0714. The average molecular weight is 276 g/mol. The van der Waals surface area contributed by atoms with Crippen LogP contribution in [-0.4, -0.2) is 12.5 Å². The van der Waals surface area contributed by atoms with Gasteiger partial charge in [-0.25, -0.2) is 0 Å². The van der Waals surface area contributed by atoms with E-state index in [0.717, 1.165) is 5.56 Å². The SMILES string of the molecule is O=C(NCC#Cc1cccc(Cl)c1)c1cccs1. The molecule has 2 nitrogen and oxygen atoms in total. The summed E-state index contributed by atoms with van der Waals surface area (Å²) < 4.78 is 0. The highest BCUT2D eigenvalue weighted by atomic mass is 35.5. The third-order valence-corrected chi connectivity index (χ3v) is 3.24. The van der Waals surface area contributed by atoms with Gasteiger partial charge in [-0.3, -0.25) is 4.79 Å². The van der Waals surface area contributed by atoms with Gasteiger partial charge in [0.2, 0.25) is 0 Å². The maximum absolute atomic E-state index is 11.6. The number of nitrogens with one attached hydrogen (secondary N) is 1. The summed E-state index contributed by atoms with van der Waals surface area (Å²) in [5.74, 6) is 5.73. The smallest absolute Gasteiger partial charge is 0.262 e. The van der Waals surface area contributed by atoms with Gasteiger partial charge in [0.15, 0.2) is 0 Å². The van der Waals surface area contributed by atoms with E-state index in [-0.39, 0.29) is 5.91 Å². The lowest BCUT2D eigenvalue weighted by atomic mass is 10.2. The molecule has 90 valence electrons. The maximum atomic E-state index is 11.6. The lowest BCUT2D eigenvalue weighted by Gasteiger charge is -1.96. The van der Waals surface area contributed by atoms with Crippen molar-refractivity contribution in [3.05, 3.63) is 57.2 Å². The van der Waals surface area contributed by atoms with Crippen molar-refractivity contribution in [2.45, 2.75) is 0 Å². The number of halogens is 1. The van der Waals surface area contributed by atoms with Gasteiger partial charge in [0.05, 0.1) is 11.4 Å². The summed E-state index contributed by atoms with van der Waals surface area (Å²) >= 11 is 7.25. The third kappa shape index (κ3) is 3.63.